The zero-order valence-electron chi connectivity index (χ0n) is 21.4. The van der Waals surface area contributed by atoms with Crippen molar-refractivity contribution in [2.24, 2.45) is 0 Å². The first-order chi connectivity index (χ1) is 17.9. The summed E-state index contributed by atoms with van der Waals surface area (Å²) in [5, 5.41) is 13.7. The number of aryl methyl sites for hydroxylation is 1. The minimum atomic E-state index is -3.58. The Bertz CT molecular complexity index is 1350. The van der Waals surface area contributed by atoms with Crippen LogP contribution >= 0.6 is 15.9 Å². The summed E-state index contributed by atoms with van der Waals surface area (Å²) < 4.78 is 66.6. The summed E-state index contributed by atoms with van der Waals surface area (Å²) in [5.74, 6) is 0.350. The maximum Gasteiger partial charge on any atom is 0.243 e. The van der Waals surface area contributed by atoms with Gasteiger partial charge in [0, 0.05) is 36.2 Å². The molecule has 10 nitrogen and oxygen atoms in total. The van der Waals surface area contributed by atoms with Crippen molar-refractivity contribution in [1.29, 1.82) is 0 Å². The molecule has 0 aromatic heterocycles. The molecule has 0 radical (unpaired) electrons. The second-order valence-electron chi connectivity index (χ2n) is 9.77. The fraction of sp³-hybridized carbons (Fsp3) is 0.520. The molecule has 2 aliphatic rings. The zero-order valence-corrected chi connectivity index (χ0v) is 24.6. The third kappa shape index (κ3) is 6.76. The Morgan fingerprint density at radius 3 is 2.58 bits per heavy atom. The molecule has 2 heterocycles. The average Bonchev–Trinajstić information content (AvgIpc) is 3.30. The van der Waals surface area contributed by atoms with Crippen LogP contribution in [0.15, 0.2) is 56.7 Å². The van der Waals surface area contributed by atoms with Gasteiger partial charge in [0.2, 0.25) is 20.0 Å². The van der Waals surface area contributed by atoms with E-state index in [1.807, 2.05) is 6.92 Å². The molecule has 1 spiro atoms. The van der Waals surface area contributed by atoms with Crippen molar-refractivity contribution < 1.29 is 31.4 Å². The number of rotatable bonds is 10. The van der Waals surface area contributed by atoms with E-state index in [2.05, 4.69) is 26.0 Å². The molecule has 2 aromatic carbocycles. The average molecular weight is 633 g/mol. The van der Waals surface area contributed by atoms with Gasteiger partial charge in [-0.2, -0.15) is 4.31 Å². The van der Waals surface area contributed by atoms with Gasteiger partial charge >= 0.3 is 0 Å². The van der Waals surface area contributed by atoms with E-state index in [0.717, 1.165) is 16.5 Å². The van der Waals surface area contributed by atoms with E-state index in [1.165, 1.54) is 23.5 Å². The lowest BCUT2D eigenvalue weighted by atomic mass is 9.88. The number of nitrogens with one attached hydrogen (secondary N) is 2. The first kappa shape index (κ1) is 29.4. The summed E-state index contributed by atoms with van der Waals surface area (Å²) in [6, 6.07) is 11.2. The second kappa shape index (κ2) is 11.9. The van der Waals surface area contributed by atoms with Crippen molar-refractivity contribution in [2.45, 2.75) is 53.7 Å². The fourth-order valence-corrected chi connectivity index (χ4v) is 7.33. The number of aliphatic hydroxyl groups excluding tert-OH is 1. The molecule has 0 saturated carbocycles. The van der Waals surface area contributed by atoms with Crippen molar-refractivity contribution in [1.82, 2.24) is 14.3 Å². The molecule has 0 amide bonds. The van der Waals surface area contributed by atoms with E-state index in [9.17, 15) is 21.9 Å². The van der Waals surface area contributed by atoms with E-state index < -0.39 is 26.2 Å². The van der Waals surface area contributed by atoms with Crippen LogP contribution in [0.2, 0.25) is 0 Å². The molecular weight excluding hydrogens is 598 g/mol. The molecule has 2 fully saturated rings. The van der Waals surface area contributed by atoms with Gasteiger partial charge in [-0.3, -0.25) is 0 Å². The van der Waals surface area contributed by atoms with E-state index in [4.69, 9.17) is 9.47 Å². The van der Waals surface area contributed by atoms with E-state index in [0.29, 0.717) is 43.2 Å². The minimum Gasteiger partial charge on any atom is -0.491 e. The molecule has 4 rings (SSSR count). The molecule has 2 aromatic rings. The van der Waals surface area contributed by atoms with Crippen LogP contribution in [0.25, 0.3) is 0 Å². The monoisotopic (exact) mass is 631 g/mol. The number of benzene rings is 2. The molecular formula is C25H34BrN3O7S2. The number of hydrogen-bond acceptors (Lipinski definition) is 8. The topological polar surface area (TPSA) is 134 Å². The second-order valence-corrected chi connectivity index (χ2v) is 14.4. The predicted octanol–water partition coefficient (Wildman–Crippen LogP) is 2.01. The smallest absolute Gasteiger partial charge is 0.243 e. The van der Waals surface area contributed by atoms with Gasteiger partial charge < -0.3 is 19.9 Å². The zero-order chi connectivity index (χ0) is 27.6. The van der Waals surface area contributed by atoms with Crippen LogP contribution in [-0.2, 0) is 24.8 Å². The van der Waals surface area contributed by atoms with Gasteiger partial charge in [0.25, 0.3) is 0 Å². The van der Waals surface area contributed by atoms with Crippen molar-refractivity contribution in [3.63, 3.8) is 0 Å². The van der Waals surface area contributed by atoms with E-state index in [1.54, 1.807) is 30.3 Å². The Morgan fingerprint density at radius 2 is 1.89 bits per heavy atom. The highest BCUT2D eigenvalue weighted by molar-refractivity contribution is 9.10. The molecule has 0 bridgehead atoms. The van der Waals surface area contributed by atoms with Gasteiger partial charge in [-0.15, -0.1) is 0 Å². The molecule has 0 aliphatic carbocycles. The molecule has 13 heteroatoms. The number of sulfonamides is 2. The third-order valence-electron chi connectivity index (χ3n) is 7.08. The number of hydrogen-bond donors (Lipinski definition) is 3. The molecule has 3 N–H and O–H groups in total. The van der Waals surface area contributed by atoms with Gasteiger partial charge in [0.1, 0.15) is 18.5 Å². The molecule has 38 heavy (non-hydrogen) atoms. The number of piperidine rings is 1. The highest BCUT2D eigenvalue weighted by atomic mass is 79.9. The van der Waals surface area contributed by atoms with Crippen molar-refractivity contribution in [3.8, 4) is 5.75 Å². The van der Waals surface area contributed by atoms with Gasteiger partial charge in [-0.1, -0.05) is 22.0 Å². The summed E-state index contributed by atoms with van der Waals surface area (Å²) in [7, 11) is -5.81. The standard InChI is InChI=1S/C25H34BrN3O7S2/c1-18-12-23(6-7-24(18)26)38(33,34)29-10-8-25(9-11-29)14-19(16-36-25)28-15-20(30)17-35-21-4-3-5-22(13-21)37(31,32)27-2/h3-7,12-13,19-20,27-28,30H,8-11,14-17H2,1-2H3/t19?,20-/m0/s1. The summed E-state index contributed by atoms with van der Waals surface area (Å²) in [5.41, 5.74) is 0.496. The molecule has 210 valence electrons. The Kier molecular flexibility index (Phi) is 9.20. The van der Waals surface area contributed by atoms with Crippen LogP contribution in [0.3, 0.4) is 0 Å². The number of ether oxygens (including phenoxy) is 2. The number of aliphatic hydroxyl groups is 1. The van der Waals surface area contributed by atoms with Crippen LogP contribution in [0, 0.1) is 6.92 Å². The van der Waals surface area contributed by atoms with Crippen molar-refractivity contribution in [3.05, 3.63) is 52.5 Å². The fourth-order valence-electron chi connectivity index (χ4n) is 4.79. The molecule has 2 atom stereocenters. The summed E-state index contributed by atoms with van der Waals surface area (Å²) in [4.78, 5) is 0.386. The van der Waals surface area contributed by atoms with Gasteiger partial charge in [0.05, 0.1) is 22.0 Å². The number of halogens is 1. The maximum absolute atomic E-state index is 13.1. The number of nitrogens with zero attached hydrogens (tertiary/aromatic N) is 1. The van der Waals surface area contributed by atoms with E-state index in [-0.39, 0.29) is 29.7 Å². The summed E-state index contributed by atoms with van der Waals surface area (Å²) >= 11 is 3.41. The lowest BCUT2D eigenvalue weighted by molar-refractivity contribution is -0.0312. The highest BCUT2D eigenvalue weighted by Gasteiger charge is 2.44. The first-order valence-corrected chi connectivity index (χ1v) is 16.1. The minimum absolute atomic E-state index is 0.00285. The normalized spacial score (nSPS) is 21.0. The Balaban J connectivity index is 1.23. The van der Waals surface area contributed by atoms with Crippen molar-refractivity contribution >= 4 is 36.0 Å². The lowest BCUT2D eigenvalue weighted by Crippen LogP contribution is -2.47. The van der Waals surface area contributed by atoms with Crippen LogP contribution in [-0.4, -0.2) is 83.9 Å². The van der Waals surface area contributed by atoms with Gasteiger partial charge in [-0.25, -0.2) is 21.6 Å². The van der Waals surface area contributed by atoms with Crippen LogP contribution < -0.4 is 14.8 Å². The Morgan fingerprint density at radius 1 is 1.16 bits per heavy atom. The molecule has 2 aliphatic heterocycles. The highest BCUT2D eigenvalue weighted by Crippen LogP contribution is 2.37. The van der Waals surface area contributed by atoms with Crippen LogP contribution in [0.4, 0.5) is 0 Å². The Hall–Kier alpha value is -1.58. The van der Waals surface area contributed by atoms with E-state index >= 15 is 0 Å². The van der Waals surface area contributed by atoms with Crippen LogP contribution in [0.1, 0.15) is 24.8 Å². The quantitative estimate of drug-likeness (QED) is 0.363. The third-order valence-corrected chi connectivity index (χ3v) is 11.3. The maximum atomic E-state index is 13.1. The largest absolute Gasteiger partial charge is 0.491 e. The SMILES string of the molecule is CNS(=O)(=O)c1cccc(OC[C@@H](O)CNC2COC3(CCN(S(=O)(=O)c4ccc(Br)c(C)c4)CC3)C2)c1. The first-order valence-electron chi connectivity index (χ1n) is 12.4. The summed E-state index contributed by atoms with van der Waals surface area (Å²) in [6.45, 7) is 3.41. The predicted molar refractivity (Wildman–Crippen MR) is 146 cm³/mol. The summed E-state index contributed by atoms with van der Waals surface area (Å²) in [6.07, 6.45) is 1.14. The van der Waals surface area contributed by atoms with Crippen LogP contribution in [0.5, 0.6) is 5.75 Å². The van der Waals surface area contributed by atoms with Crippen molar-refractivity contribution in [2.75, 3.05) is 39.9 Å². The van der Waals surface area contributed by atoms with Gasteiger partial charge in [0.15, 0.2) is 0 Å². The molecule has 1 unspecified atom stereocenters. The Labute approximate surface area is 232 Å². The lowest BCUT2D eigenvalue weighted by Gasteiger charge is -2.38. The van der Waals surface area contributed by atoms with Gasteiger partial charge in [-0.05, 0) is 69.1 Å². The molecule has 2 saturated heterocycles.